The van der Waals surface area contributed by atoms with Crippen LogP contribution < -0.4 is 10.1 Å². The monoisotopic (exact) mass is 276 g/mol. The summed E-state index contributed by atoms with van der Waals surface area (Å²) < 4.78 is 10.6. The van der Waals surface area contributed by atoms with Crippen LogP contribution in [-0.4, -0.2) is 32.3 Å². The van der Waals surface area contributed by atoms with E-state index in [4.69, 9.17) is 14.7 Å². The van der Waals surface area contributed by atoms with Crippen molar-refractivity contribution in [2.24, 2.45) is 0 Å². The molecule has 108 valence electrons. The maximum Gasteiger partial charge on any atom is 0.257 e. The van der Waals surface area contributed by atoms with Crippen LogP contribution in [0.1, 0.15) is 25.3 Å². The lowest BCUT2D eigenvalue weighted by Gasteiger charge is -2.07. The van der Waals surface area contributed by atoms with Crippen molar-refractivity contribution < 1.29 is 14.3 Å². The summed E-state index contributed by atoms with van der Waals surface area (Å²) in [5.74, 6) is 0.412. The van der Waals surface area contributed by atoms with E-state index in [9.17, 15) is 4.79 Å². The molecule has 0 unspecified atom stereocenters. The molecule has 0 spiro atoms. The first-order chi connectivity index (χ1) is 9.76. The average molecular weight is 276 g/mol. The van der Waals surface area contributed by atoms with Gasteiger partial charge in [-0.1, -0.05) is 6.92 Å². The van der Waals surface area contributed by atoms with E-state index in [1.54, 1.807) is 24.3 Å². The first-order valence-corrected chi connectivity index (χ1v) is 6.73. The van der Waals surface area contributed by atoms with E-state index < -0.39 is 0 Å². The zero-order chi connectivity index (χ0) is 14.6. The predicted molar refractivity (Wildman–Crippen MR) is 75.4 cm³/mol. The lowest BCUT2D eigenvalue weighted by Crippen LogP contribution is -2.30. The van der Waals surface area contributed by atoms with E-state index in [0.717, 1.165) is 19.4 Å². The minimum Gasteiger partial charge on any atom is -0.484 e. The summed E-state index contributed by atoms with van der Waals surface area (Å²) in [6, 6.07) is 8.67. The van der Waals surface area contributed by atoms with Gasteiger partial charge in [0.15, 0.2) is 6.61 Å². The fourth-order valence-corrected chi connectivity index (χ4v) is 1.47. The van der Waals surface area contributed by atoms with Crippen LogP contribution in [0.2, 0.25) is 0 Å². The molecule has 0 bridgehead atoms. The molecule has 0 saturated heterocycles. The Morgan fingerprint density at radius 3 is 2.70 bits per heavy atom. The van der Waals surface area contributed by atoms with Crippen molar-refractivity contribution in [1.29, 1.82) is 5.26 Å². The molecular formula is C15H20N2O3. The molecule has 5 nitrogen and oxygen atoms in total. The lowest BCUT2D eigenvalue weighted by molar-refractivity contribution is -0.123. The highest BCUT2D eigenvalue weighted by molar-refractivity contribution is 5.77. The molecule has 1 N–H and O–H groups in total. The molecule has 1 rings (SSSR count). The highest BCUT2D eigenvalue weighted by Gasteiger charge is 2.02. The third-order valence-corrected chi connectivity index (χ3v) is 2.49. The molecule has 1 amide bonds. The van der Waals surface area contributed by atoms with Crippen molar-refractivity contribution in [3.63, 3.8) is 0 Å². The SMILES string of the molecule is CCCOCCCNC(=O)COc1ccc(C#N)cc1. The van der Waals surface area contributed by atoms with Gasteiger partial charge < -0.3 is 14.8 Å². The highest BCUT2D eigenvalue weighted by atomic mass is 16.5. The molecular weight excluding hydrogens is 256 g/mol. The molecule has 0 aromatic heterocycles. The van der Waals surface area contributed by atoms with Crippen molar-refractivity contribution in [2.75, 3.05) is 26.4 Å². The van der Waals surface area contributed by atoms with Crippen LogP contribution in [0, 0.1) is 11.3 Å². The minimum absolute atomic E-state index is 0.0261. The quantitative estimate of drug-likeness (QED) is 0.699. The summed E-state index contributed by atoms with van der Waals surface area (Å²) in [5.41, 5.74) is 0.564. The van der Waals surface area contributed by atoms with E-state index in [1.807, 2.05) is 6.07 Å². The number of benzene rings is 1. The van der Waals surface area contributed by atoms with E-state index in [-0.39, 0.29) is 12.5 Å². The summed E-state index contributed by atoms with van der Waals surface area (Å²) in [6.45, 7) is 4.03. The maximum absolute atomic E-state index is 11.5. The summed E-state index contributed by atoms with van der Waals surface area (Å²) in [7, 11) is 0. The van der Waals surface area contributed by atoms with Gasteiger partial charge in [-0.2, -0.15) is 5.26 Å². The second kappa shape index (κ2) is 9.82. The number of amides is 1. The van der Waals surface area contributed by atoms with Crippen LogP contribution in [0.3, 0.4) is 0 Å². The zero-order valence-electron chi connectivity index (χ0n) is 11.7. The van der Waals surface area contributed by atoms with Crippen LogP contribution in [0.5, 0.6) is 5.75 Å². The molecule has 20 heavy (non-hydrogen) atoms. The number of carbonyl (C=O) groups is 1. The maximum atomic E-state index is 11.5. The number of hydrogen-bond acceptors (Lipinski definition) is 4. The number of nitriles is 1. The molecule has 1 aromatic rings. The van der Waals surface area contributed by atoms with Crippen LogP contribution in [0.4, 0.5) is 0 Å². The number of nitrogens with zero attached hydrogens (tertiary/aromatic N) is 1. The molecule has 1 aromatic carbocycles. The smallest absolute Gasteiger partial charge is 0.257 e. The molecule has 5 heteroatoms. The van der Waals surface area contributed by atoms with Gasteiger partial charge in [0.2, 0.25) is 0 Å². The van der Waals surface area contributed by atoms with E-state index in [2.05, 4.69) is 12.2 Å². The number of nitrogens with one attached hydrogen (secondary N) is 1. The Labute approximate surface area is 119 Å². The van der Waals surface area contributed by atoms with E-state index in [1.165, 1.54) is 0 Å². The summed E-state index contributed by atoms with van der Waals surface area (Å²) in [6.07, 6.45) is 1.80. The van der Waals surface area contributed by atoms with Gasteiger partial charge in [0, 0.05) is 19.8 Å². The normalized spacial score (nSPS) is 9.80. The molecule has 0 fully saturated rings. The van der Waals surface area contributed by atoms with Gasteiger partial charge in [0.05, 0.1) is 11.6 Å². The van der Waals surface area contributed by atoms with Crippen molar-refractivity contribution in [1.82, 2.24) is 5.32 Å². The Hall–Kier alpha value is -2.06. The van der Waals surface area contributed by atoms with Crippen LogP contribution in [-0.2, 0) is 9.53 Å². The van der Waals surface area contributed by atoms with Gasteiger partial charge in [0.1, 0.15) is 5.75 Å². The predicted octanol–water partition coefficient (Wildman–Crippen LogP) is 1.87. The third kappa shape index (κ3) is 6.76. The van der Waals surface area contributed by atoms with Crippen LogP contribution in [0.25, 0.3) is 0 Å². The lowest BCUT2D eigenvalue weighted by atomic mass is 10.2. The molecule has 0 saturated carbocycles. The standard InChI is InChI=1S/C15H20N2O3/c1-2-9-19-10-3-8-17-15(18)12-20-14-6-4-13(11-16)5-7-14/h4-7H,2-3,8-10,12H2,1H3,(H,17,18). The van der Waals surface area contributed by atoms with E-state index >= 15 is 0 Å². The second-order valence-electron chi connectivity index (χ2n) is 4.24. The van der Waals surface area contributed by atoms with Gasteiger partial charge >= 0.3 is 0 Å². The fraction of sp³-hybridized carbons (Fsp3) is 0.467. The van der Waals surface area contributed by atoms with Crippen molar-refractivity contribution >= 4 is 5.91 Å². The Bertz CT molecular complexity index is 437. The van der Waals surface area contributed by atoms with Crippen molar-refractivity contribution in [3.05, 3.63) is 29.8 Å². The largest absolute Gasteiger partial charge is 0.484 e. The Morgan fingerprint density at radius 1 is 1.30 bits per heavy atom. The van der Waals surface area contributed by atoms with Crippen LogP contribution >= 0.6 is 0 Å². The molecule has 0 radical (unpaired) electrons. The molecule has 0 aliphatic heterocycles. The number of hydrogen-bond donors (Lipinski definition) is 1. The number of rotatable bonds is 9. The second-order valence-corrected chi connectivity index (χ2v) is 4.24. The summed E-state index contributed by atoms with van der Waals surface area (Å²) in [5, 5.41) is 11.4. The fourth-order valence-electron chi connectivity index (χ4n) is 1.47. The van der Waals surface area contributed by atoms with Gasteiger partial charge in [-0.15, -0.1) is 0 Å². The Kier molecular flexibility index (Phi) is 7.85. The first kappa shape index (κ1) is 16.0. The van der Waals surface area contributed by atoms with Gasteiger partial charge in [-0.05, 0) is 37.1 Å². The third-order valence-electron chi connectivity index (χ3n) is 2.49. The van der Waals surface area contributed by atoms with Gasteiger partial charge in [0.25, 0.3) is 5.91 Å². The Morgan fingerprint density at radius 2 is 2.05 bits per heavy atom. The molecule has 0 heterocycles. The molecule has 0 aliphatic carbocycles. The Balaban J connectivity index is 2.11. The van der Waals surface area contributed by atoms with E-state index in [0.29, 0.717) is 24.5 Å². The van der Waals surface area contributed by atoms with Gasteiger partial charge in [-0.25, -0.2) is 0 Å². The summed E-state index contributed by atoms with van der Waals surface area (Å²) >= 11 is 0. The van der Waals surface area contributed by atoms with Gasteiger partial charge in [-0.3, -0.25) is 4.79 Å². The average Bonchev–Trinajstić information content (AvgIpc) is 2.49. The molecule has 0 atom stereocenters. The summed E-state index contributed by atoms with van der Waals surface area (Å²) in [4.78, 5) is 11.5. The highest BCUT2D eigenvalue weighted by Crippen LogP contribution is 2.11. The number of ether oxygens (including phenoxy) is 2. The van der Waals surface area contributed by atoms with Crippen molar-refractivity contribution in [2.45, 2.75) is 19.8 Å². The minimum atomic E-state index is -0.162. The topological polar surface area (TPSA) is 71.3 Å². The van der Waals surface area contributed by atoms with Crippen molar-refractivity contribution in [3.8, 4) is 11.8 Å². The first-order valence-electron chi connectivity index (χ1n) is 6.73. The van der Waals surface area contributed by atoms with Crippen LogP contribution in [0.15, 0.2) is 24.3 Å². The molecule has 0 aliphatic rings. The number of carbonyl (C=O) groups excluding carboxylic acids is 1. The zero-order valence-corrected chi connectivity index (χ0v) is 11.7.